The Hall–Kier alpha value is -1.03. The van der Waals surface area contributed by atoms with Crippen LogP contribution in [0.2, 0.25) is 0 Å². The van der Waals surface area contributed by atoms with E-state index >= 15 is 0 Å². The summed E-state index contributed by atoms with van der Waals surface area (Å²) >= 11 is 0. The molecule has 0 aromatic heterocycles. The maximum Gasteiger partial charge on any atom is 0.508 e. The van der Waals surface area contributed by atoms with Crippen LogP contribution in [0.4, 0.5) is 4.79 Å². The fraction of sp³-hybridized carbons (Fsp3) is 0.700. The van der Waals surface area contributed by atoms with Gasteiger partial charge in [-0.3, -0.25) is 0 Å². The lowest BCUT2D eigenvalue weighted by Gasteiger charge is -1.99. The molecule has 0 aromatic rings. The summed E-state index contributed by atoms with van der Waals surface area (Å²) < 4.78 is 14.2. The van der Waals surface area contributed by atoms with Gasteiger partial charge in [0.05, 0.1) is 13.7 Å². The number of methoxy groups -OCH3 is 1. The lowest BCUT2D eigenvalue weighted by Crippen LogP contribution is -2.03. The second-order valence-corrected chi connectivity index (χ2v) is 2.64. The Kier molecular flexibility index (Phi) is 9.31. The minimum Gasteiger partial charge on any atom is -0.438 e. The van der Waals surface area contributed by atoms with Crippen molar-refractivity contribution in [3.8, 4) is 0 Å². The molecule has 0 atom stereocenters. The Morgan fingerprint density at radius 1 is 1.29 bits per heavy atom. The van der Waals surface area contributed by atoms with Crippen molar-refractivity contribution in [1.29, 1.82) is 0 Å². The minimum absolute atomic E-state index is 0.250. The van der Waals surface area contributed by atoms with Crippen LogP contribution in [-0.4, -0.2) is 33.1 Å². The molecule has 14 heavy (non-hydrogen) atoms. The molecule has 0 saturated heterocycles. The van der Waals surface area contributed by atoms with Gasteiger partial charge in [-0.15, -0.1) is 0 Å². The normalized spacial score (nSPS) is 10.4. The fourth-order valence-corrected chi connectivity index (χ4v) is 0.759. The van der Waals surface area contributed by atoms with Crippen LogP contribution in [0.1, 0.15) is 19.8 Å². The van der Waals surface area contributed by atoms with Gasteiger partial charge in [0.15, 0.2) is 0 Å². The van der Waals surface area contributed by atoms with Crippen LogP contribution >= 0.6 is 0 Å². The van der Waals surface area contributed by atoms with Gasteiger partial charge < -0.3 is 14.2 Å². The number of ether oxygens (including phenoxy) is 3. The zero-order chi connectivity index (χ0) is 10.6. The van der Waals surface area contributed by atoms with E-state index in [2.05, 4.69) is 16.4 Å². The average Bonchev–Trinajstić information content (AvgIpc) is 2.21. The lowest BCUT2D eigenvalue weighted by molar-refractivity contribution is 0.0817. The topological polar surface area (TPSA) is 44.8 Å². The lowest BCUT2D eigenvalue weighted by atomic mass is 10.4. The zero-order valence-electron chi connectivity index (χ0n) is 8.82. The van der Waals surface area contributed by atoms with Gasteiger partial charge in [-0.25, -0.2) is 4.79 Å². The predicted molar refractivity (Wildman–Crippen MR) is 53.2 cm³/mol. The summed E-state index contributed by atoms with van der Waals surface area (Å²) in [5.74, 6) is 0. The predicted octanol–water partition coefficient (Wildman–Crippen LogP) is 2.14. The van der Waals surface area contributed by atoms with Crippen LogP contribution in [0, 0.1) is 0 Å². The molecule has 0 aliphatic heterocycles. The highest BCUT2D eigenvalue weighted by Crippen LogP contribution is 1.89. The Balaban J connectivity index is 3.15. The summed E-state index contributed by atoms with van der Waals surface area (Å²) in [5.41, 5.74) is 0. The Morgan fingerprint density at radius 2 is 2.07 bits per heavy atom. The Bertz CT molecular complexity index is 166. The highest BCUT2D eigenvalue weighted by molar-refractivity contribution is 5.59. The first-order chi connectivity index (χ1) is 6.81. The molecule has 0 heterocycles. The molecule has 0 radical (unpaired) electrons. The van der Waals surface area contributed by atoms with Crippen molar-refractivity contribution in [1.82, 2.24) is 0 Å². The highest BCUT2D eigenvalue weighted by atomic mass is 16.7. The van der Waals surface area contributed by atoms with Crippen molar-refractivity contribution in [3.63, 3.8) is 0 Å². The molecule has 0 fully saturated rings. The molecule has 0 unspecified atom stereocenters. The smallest absolute Gasteiger partial charge is 0.438 e. The monoisotopic (exact) mass is 202 g/mol. The number of carbonyl (C=O) groups is 1. The number of hydrogen-bond donors (Lipinski definition) is 0. The van der Waals surface area contributed by atoms with Gasteiger partial charge >= 0.3 is 6.16 Å². The molecule has 0 amide bonds. The first-order valence-corrected chi connectivity index (χ1v) is 4.74. The van der Waals surface area contributed by atoms with E-state index in [0.29, 0.717) is 6.61 Å². The summed E-state index contributed by atoms with van der Waals surface area (Å²) in [5, 5.41) is 0. The van der Waals surface area contributed by atoms with Crippen molar-refractivity contribution >= 4 is 6.16 Å². The maximum atomic E-state index is 10.5. The van der Waals surface area contributed by atoms with Crippen LogP contribution in [-0.2, 0) is 14.2 Å². The third-order valence-electron chi connectivity index (χ3n) is 1.41. The number of carbonyl (C=O) groups excluding carboxylic acids is 1. The largest absolute Gasteiger partial charge is 0.508 e. The van der Waals surface area contributed by atoms with Gasteiger partial charge in [0, 0.05) is 6.61 Å². The third kappa shape index (κ3) is 9.06. The van der Waals surface area contributed by atoms with Crippen LogP contribution in [0.25, 0.3) is 0 Å². The van der Waals surface area contributed by atoms with Gasteiger partial charge in [0.1, 0.15) is 6.61 Å². The van der Waals surface area contributed by atoms with Crippen LogP contribution < -0.4 is 0 Å². The van der Waals surface area contributed by atoms with E-state index in [0.717, 1.165) is 19.4 Å². The molecular formula is C10H18O4. The van der Waals surface area contributed by atoms with E-state index in [1.807, 2.05) is 6.08 Å². The average molecular weight is 202 g/mol. The standard InChI is InChI=1S/C10H18O4/c1-3-7-13-8-5-4-6-9-14-10(11)12-2/h4,6H,3,5,7-9H2,1-2H3. The molecule has 4 nitrogen and oxygen atoms in total. The van der Waals surface area contributed by atoms with E-state index in [4.69, 9.17) is 4.74 Å². The van der Waals surface area contributed by atoms with Crippen molar-refractivity contribution in [2.45, 2.75) is 19.8 Å². The molecule has 0 saturated carbocycles. The molecule has 0 bridgehead atoms. The van der Waals surface area contributed by atoms with Crippen LogP contribution in [0.3, 0.4) is 0 Å². The second-order valence-electron chi connectivity index (χ2n) is 2.64. The van der Waals surface area contributed by atoms with Gasteiger partial charge in [-0.2, -0.15) is 0 Å². The molecular weight excluding hydrogens is 184 g/mol. The van der Waals surface area contributed by atoms with Gasteiger partial charge in [0.2, 0.25) is 0 Å². The summed E-state index contributed by atoms with van der Waals surface area (Å²) in [6.07, 6.45) is 4.90. The van der Waals surface area contributed by atoms with Crippen molar-refractivity contribution in [2.75, 3.05) is 26.9 Å². The zero-order valence-corrected chi connectivity index (χ0v) is 8.82. The fourth-order valence-electron chi connectivity index (χ4n) is 0.759. The molecule has 82 valence electrons. The Labute approximate surface area is 84.8 Å². The molecule has 0 N–H and O–H groups in total. The van der Waals surface area contributed by atoms with E-state index in [-0.39, 0.29) is 6.61 Å². The van der Waals surface area contributed by atoms with Gasteiger partial charge in [-0.1, -0.05) is 19.1 Å². The van der Waals surface area contributed by atoms with E-state index in [1.54, 1.807) is 6.08 Å². The molecule has 4 heteroatoms. The minimum atomic E-state index is -0.656. The van der Waals surface area contributed by atoms with Crippen molar-refractivity contribution in [2.24, 2.45) is 0 Å². The first kappa shape index (κ1) is 13.0. The maximum absolute atomic E-state index is 10.5. The van der Waals surface area contributed by atoms with E-state index < -0.39 is 6.16 Å². The number of rotatable bonds is 7. The summed E-state index contributed by atoms with van der Waals surface area (Å²) in [7, 11) is 1.28. The molecule has 0 rings (SSSR count). The first-order valence-electron chi connectivity index (χ1n) is 4.74. The van der Waals surface area contributed by atoms with Gasteiger partial charge in [0.25, 0.3) is 0 Å². The third-order valence-corrected chi connectivity index (χ3v) is 1.41. The molecule has 0 aliphatic carbocycles. The number of hydrogen-bond acceptors (Lipinski definition) is 4. The quantitative estimate of drug-likeness (QED) is 0.360. The van der Waals surface area contributed by atoms with E-state index in [9.17, 15) is 4.79 Å². The second kappa shape index (κ2) is 10.1. The van der Waals surface area contributed by atoms with Crippen LogP contribution in [0.15, 0.2) is 12.2 Å². The molecule has 0 aromatic carbocycles. The van der Waals surface area contributed by atoms with Crippen molar-refractivity contribution in [3.05, 3.63) is 12.2 Å². The van der Waals surface area contributed by atoms with Crippen molar-refractivity contribution < 1.29 is 19.0 Å². The molecule has 0 spiro atoms. The summed E-state index contributed by atoms with van der Waals surface area (Å²) in [4.78, 5) is 10.5. The summed E-state index contributed by atoms with van der Waals surface area (Å²) in [6, 6.07) is 0. The summed E-state index contributed by atoms with van der Waals surface area (Å²) in [6.45, 7) is 3.83. The Morgan fingerprint density at radius 3 is 2.71 bits per heavy atom. The highest BCUT2D eigenvalue weighted by Gasteiger charge is 1.95. The van der Waals surface area contributed by atoms with Crippen LogP contribution in [0.5, 0.6) is 0 Å². The molecule has 0 aliphatic rings. The van der Waals surface area contributed by atoms with Gasteiger partial charge in [-0.05, 0) is 12.8 Å². The van der Waals surface area contributed by atoms with E-state index in [1.165, 1.54) is 7.11 Å². The SMILES string of the molecule is CCCOCCC=CCOC(=O)OC.